The first-order valence-electron chi connectivity index (χ1n) is 5.26. The maximum atomic E-state index is 5.35. The first-order valence-corrected chi connectivity index (χ1v) is 5.26. The van der Waals surface area contributed by atoms with Crippen molar-refractivity contribution in [3.8, 4) is 12.5 Å². The van der Waals surface area contributed by atoms with E-state index >= 15 is 0 Å². The lowest BCUT2D eigenvalue weighted by molar-refractivity contribution is 0.0254. The molecule has 3 atom stereocenters. The fourth-order valence-corrected chi connectivity index (χ4v) is 2.34. The molecular formula is C12H20O. The minimum Gasteiger partial charge on any atom is -0.443 e. The fourth-order valence-electron chi connectivity index (χ4n) is 2.34. The molecule has 0 saturated heterocycles. The summed E-state index contributed by atoms with van der Waals surface area (Å²) in [6, 6.07) is 0. The second-order valence-corrected chi connectivity index (χ2v) is 4.60. The average molecular weight is 180 g/mol. The van der Waals surface area contributed by atoms with Crippen molar-refractivity contribution < 1.29 is 4.74 Å². The topological polar surface area (TPSA) is 9.23 Å². The van der Waals surface area contributed by atoms with Crippen LogP contribution in [0.5, 0.6) is 0 Å². The van der Waals surface area contributed by atoms with Crippen LogP contribution in [-0.2, 0) is 4.74 Å². The molecule has 1 fully saturated rings. The number of hydrogen-bond donors (Lipinski definition) is 0. The smallest absolute Gasteiger partial charge is 0.114 e. The molecule has 0 amide bonds. The molecule has 0 aromatic heterocycles. The number of rotatable bonds is 2. The summed E-state index contributed by atoms with van der Waals surface area (Å²) >= 11 is 0. The molecule has 0 aliphatic heterocycles. The first-order chi connectivity index (χ1) is 6.15. The van der Waals surface area contributed by atoms with Gasteiger partial charge in [-0.25, -0.2) is 0 Å². The summed E-state index contributed by atoms with van der Waals surface area (Å²) in [4.78, 5) is 0. The van der Waals surface area contributed by atoms with E-state index in [1.54, 1.807) is 0 Å². The predicted molar refractivity (Wildman–Crippen MR) is 55.0 cm³/mol. The van der Waals surface area contributed by atoms with Crippen LogP contribution in [0.25, 0.3) is 0 Å². The van der Waals surface area contributed by atoms with Gasteiger partial charge in [0.25, 0.3) is 0 Å². The van der Waals surface area contributed by atoms with Crippen molar-refractivity contribution in [2.75, 3.05) is 0 Å². The Labute approximate surface area is 81.9 Å². The Hall–Kier alpha value is -0.640. The molecule has 0 aromatic carbocycles. The molecule has 3 unspecified atom stereocenters. The van der Waals surface area contributed by atoms with Crippen LogP contribution in [0.4, 0.5) is 0 Å². The van der Waals surface area contributed by atoms with Crippen LogP contribution >= 0.6 is 0 Å². The van der Waals surface area contributed by atoms with Crippen molar-refractivity contribution in [1.29, 1.82) is 0 Å². The maximum Gasteiger partial charge on any atom is 0.114 e. The van der Waals surface area contributed by atoms with Crippen LogP contribution in [0, 0.1) is 30.3 Å². The van der Waals surface area contributed by atoms with Gasteiger partial charge in [0.2, 0.25) is 0 Å². The van der Waals surface area contributed by atoms with Crippen molar-refractivity contribution >= 4 is 0 Å². The van der Waals surface area contributed by atoms with E-state index in [-0.39, 0.29) is 0 Å². The predicted octanol–water partition coefficient (Wildman–Crippen LogP) is 3.05. The van der Waals surface area contributed by atoms with Crippen molar-refractivity contribution in [2.45, 2.75) is 46.1 Å². The molecule has 74 valence electrons. The average Bonchev–Trinajstić information content (AvgIpc) is 2.04. The van der Waals surface area contributed by atoms with Crippen LogP contribution in [-0.4, -0.2) is 6.10 Å². The standard InChI is InChI=1S/C12H20O/c1-5-13-12-8-10(4)6-7-11(12)9(2)3/h1,9-12H,6-8H2,2-4H3. The molecule has 0 bridgehead atoms. The Morgan fingerprint density at radius 3 is 2.62 bits per heavy atom. The molecule has 1 saturated carbocycles. The van der Waals surface area contributed by atoms with Crippen LogP contribution < -0.4 is 0 Å². The molecule has 0 heterocycles. The number of hydrogen-bond acceptors (Lipinski definition) is 1. The third-order valence-corrected chi connectivity index (χ3v) is 3.18. The van der Waals surface area contributed by atoms with Gasteiger partial charge in [-0.1, -0.05) is 33.6 Å². The van der Waals surface area contributed by atoms with E-state index in [1.165, 1.54) is 12.8 Å². The second-order valence-electron chi connectivity index (χ2n) is 4.60. The van der Waals surface area contributed by atoms with Crippen LogP contribution in [0.3, 0.4) is 0 Å². The quantitative estimate of drug-likeness (QED) is 0.593. The maximum absolute atomic E-state index is 5.35. The number of terminal acetylenes is 1. The van der Waals surface area contributed by atoms with Crippen molar-refractivity contribution in [3.63, 3.8) is 0 Å². The van der Waals surface area contributed by atoms with Crippen LogP contribution in [0.2, 0.25) is 0 Å². The summed E-state index contributed by atoms with van der Waals surface area (Å²) < 4.78 is 5.35. The highest BCUT2D eigenvalue weighted by Gasteiger charge is 2.31. The molecule has 0 aromatic rings. The van der Waals surface area contributed by atoms with Crippen molar-refractivity contribution in [3.05, 3.63) is 0 Å². The molecule has 1 aliphatic carbocycles. The van der Waals surface area contributed by atoms with E-state index in [4.69, 9.17) is 11.2 Å². The molecule has 0 N–H and O–H groups in total. The zero-order valence-corrected chi connectivity index (χ0v) is 8.92. The van der Waals surface area contributed by atoms with Gasteiger partial charge in [0.1, 0.15) is 12.2 Å². The van der Waals surface area contributed by atoms with E-state index in [2.05, 4.69) is 26.9 Å². The lowest BCUT2D eigenvalue weighted by Crippen LogP contribution is -2.33. The molecule has 1 heteroatoms. The van der Waals surface area contributed by atoms with E-state index in [1.807, 2.05) is 0 Å². The summed E-state index contributed by atoms with van der Waals surface area (Å²) in [7, 11) is 0. The molecule has 1 nitrogen and oxygen atoms in total. The lowest BCUT2D eigenvalue weighted by atomic mass is 9.75. The van der Waals surface area contributed by atoms with Gasteiger partial charge < -0.3 is 4.74 Å². The Bertz CT molecular complexity index is 190. The monoisotopic (exact) mass is 180 g/mol. The van der Waals surface area contributed by atoms with Gasteiger partial charge in [-0.05, 0) is 30.6 Å². The molecule has 1 rings (SSSR count). The molecule has 0 radical (unpaired) electrons. The second kappa shape index (κ2) is 4.56. The summed E-state index contributed by atoms with van der Waals surface area (Å²) in [5.74, 6) is 2.12. The molecular weight excluding hydrogens is 160 g/mol. The lowest BCUT2D eigenvalue weighted by Gasteiger charge is -2.35. The van der Waals surface area contributed by atoms with E-state index in [0.29, 0.717) is 17.9 Å². The van der Waals surface area contributed by atoms with Gasteiger partial charge in [-0.3, -0.25) is 0 Å². The highest BCUT2D eigenvalue weighted by atomic mass is 16.5. The van der Waals surface area contributed by atoms with Gasteiger partial charge in [0.05, 0.1) is 0 Å². The summed E-state index contributed by atoms with van der Waals surface area (Å²) in [6.45, 7) is 6.80. The van der Waals surface area contributed by atoms with Gasteiger partial charge in [0.15, 0.2) is 0 Å². The normalized spacial score (nSPS) is 34.2. The summed E-state index contributed by atoms with van der Waals surface area (Å²) in [6.07, 6.45) is 11.6. The summed E-state index contributed by atoms with van der Waals surface area (Å²) in [5, 5.41) is 0. The molecule has 13 heavy (non-hydrogen) atoms. The Balaban J connectivity index is 2.56. The van der Waals surface area contributed by atoms with Gasteiger partial charge in [-0.15, -0.1) is 0 Å². The number of ether oxygens (including phenoxy) is 1. The van der Waals surface area contributed by atoms with E-state index in [0.717, 1.165) is 12.3 Å². The highest BCUT2D eigenvalue weighted by Crippen LogP contribution is 2.34. The van der Waals surface area contributed by atoms with E-state index in [9.17, 15) is 0 Å². The fraction of sp³-hybridized carbons (Fsp3) is 0.833. The largest absolute Gasteiger partial charge is 0.443 e. The van der Waals surface area contributed by atoms with E-state index < -0.39 is 0 Å². The summed E-state index contributed by atoms with van der Waals surface area (Å²) in [5.41, 5.74) is 0. The van der Waals surface area contributed by atoms with Gasteiger partial charge >= 0.3 is 0 Å². The third-order valence-electron chi connectivity index (χ3n) is 3.18. The zero-order valence-electron chi connectivity index (χ0n) is 8.92. The molecule has 0 spiro atoms. The minimum atomic E-state index is 0.300. The Morgan fingerprint density at radius 2 is 2.08 bits per heavy atom. The SMILES string of the molecule is C#COC1CC(C)CCC1C(C)C. The van der Waals surface area contributed by atoms with Crippen LogP contribution in [0.15, 0.2) is 0 Å². The first kappa shape index (κ1) is 10.4. The Kier molecular flexibility index (Phi) is 3.66. The minimum absolute atomic E-state index is 0.300. The molecule has 1 aliphatic rings. The zero-order chi connectivity index (χ0) is 9.84. The van der Waals surface area contributed by atoms with Gasteiger partial charge in [0, 0.05) is 0 Å². The third kappa shape index (κ3) is 2.66. The van der Waals surface area contributed by atoms with Crippen molar-refractivity contribution in [2.24, 2.45) is 17.8 Å². The highest BCUT2D eigenvalue weighted by molar-refractivity contribution is 4.84. The van der Waals surface area contributed by atoms with Crippen LogP contribution in [0.1, 0.15) is 40.0 Å². The van der Waals surface area contributed by atoms with Crippen molar-refractivity contribution in [1.82, 2.24) is 0 Å². The van der Waals surface area contributed by atoms with Gasteiger partial charge in [-0.2, -0.15) is 0 Å². The Morgan fingerprint density at radius 1 is 1.38 bits per heavy atom.